The Bertz CT molecular complexity index is 1110. The van der Waals surface area contributed by atoms with Gasteiger partial charge < -0.3 is 9.80 Å². The number of anilines is 1. The quantitative estimate of drug-likeness (QED) is 0.612. The Balaban J connectivity index is 1.32. The molecule has 0 bridgehead atoms. The standard InChI is InChI=1S/C23H28N8O/c1-29(2)21-13-17(26-22(27-21)19-14-24-8-9-25-19)16-6-10-31(11-7-16)23(32)20-12-18(15-4-5-15)28-30(20)3/h8-9,12-16H,4-7,10-11H2,1-3H3. The molecule has 9 nitrogen and oxygen atoms in total. The molecule has 32 heavy (non-hydrogen) atoms. The van der Waals surface area contributed by atoms with Crippen LogP contribution in [0.2, 0.25) is 0 Å². The van der Waals surface area contributed by atoms with Gasteiger partial charge in [-0.2, -0.15) is 5.10 Å². The minimum atomic E-state index is 0.0715. The molecule has 1 aliphatic heterocycles. The van der Waals surface area contributed by atoms with E-state index in [1.165, 1.54) is 12.8 Å². The Kier molecular flexibility index (Phi) is 5.32. The molecule has 1 saturated heterocycles. The van der Waals surface area contributed by atoms with Gasteiger partial charge in [-0.15, -0.1) is 0 Å². The molecule has 0 N–H and O–H groups in total. The summed E-state index contributed by atoms with van der Waals surface area (Å²) >= 11 is 0. The number of aryl methyl sites for hydroxylation is 1. The third-order valence-electron chi connectivity index (χ3n) is 6.30. The van der Waals surface area contributed by atoms with Crippen LogP contribution < -0.4 is 4.90 Å². The molecule has 3 aromatic heterocycles. The zero-order chi connectivity index (χ0) is 22.2. The van der Waals surface area contributed by atoms with Crippen molar-refractivity contribution in [3.63, 3.8) is 0 Å². The molecule has 166 valence electrons. The van der Waals surface area contributed by atoms with E-state index in [-0.39, 0.29) is 11.8 Å². The van der Waals surface area contributed by atoms with Crippen LogP contribution in [-0.4, -0.2) is 67.7 Å². The first kappa shape index (κ1) is 20.5. The highest BCUT2D eigenvalue weighted by molar-refractivity contribution is 5.92. The lowest BCUT2D eigenvalue weighted by Crippen LogP contribution is -2.39. The van der Waals surface area contributed by atoms with Gasteiger partial charge in [0.2, 0.25) is 0 Å². The van der Waals surface area contributed by atoms with E-state index in [0.717, 1.165) is 30.0 Å². The summed E-state index contributed by atoms with van der Waals surface area (Å²) in [6.07, 6.45) is 9.07. The van der Waals surface area contributed by atoms with Crippen molar-refractivity contribution in [2.45, 2.75) is 37.5 Å². The Hall–Kier alpha value is -3.36. The number of hydrogen-bond acceptors (Lipinski definition) is 7. The molecule has 9 heteroatoms. The number of aromatic nitrogens is 6. The molecule has 0 aromatic carbocycles. The Morgan fingerprint density at radius 3 is 2.41 bits per heavy atom. The maximum Gasteiger partial charge on any atom is 0.272 e. The molecule has 2 fully saturated rings. The molecule has 1 amide bonds. The molecule has 0 atom stereocenters. The van der Waals surface area contributed by atoms with Gasteiger partial charge in [-0.05, 0) is 31.7 Å². The molecule has 4 heterocycles. The molecule has 3 aromatic rings. The summed E-state index contributed by atoms with van der Waals surface area (Å²) in [5.74, 6) is 2.31. The van der Waals surface area contributed by atoms with Crippen molar-refractivity contribution in [1.29, 1.82) is 0 Å². The number of hydrogen-bond donors (Lipinski definition) is 0. The first-order chi connectivity index (χ1) is 15.5. The topological polar surface area (TPSA) is 92.9 Å². The lowest BCUT2D eigenvalue weighted by molar-refractivity contribution is 0.0701. The summed E-state index contributed by atoms with van der Waals surface area (Å²) in [4.78, 5) is 35.0. The largest absolute Gasteiger partial charge is 0.363 e. The summed E-state index contributed by atoms with van der Waals surface area (Å²) in [6.45, 7) is 1.41. The van der Waals surface area contributed by atoms with Crippen LogP contribution in [0.1, 0.15) is 59.4 Å². The minimum Gasteiger partial charge on any atom is -0.363 e. The highest BCUT2D eigenvalue weighted by atomic mass is 16.2. The SMILES string of the molecule is CN(C)c1cc(C2CCN(C(=O)c3cc(C4CC4)nn3C)CC2)nc(-c2cnccn2)n1. The summed E-state index contributed by atoms with van der Waals surface area (Å²) < 4.78 is 1.74. The van der Waals surface area contributed by atoms with E-state index in [9.17, 15) is 4.79 Å². The van der Waals surface area contributed by atoms with Crippen molar-refractivity contribution in [3.8, 4) is 11.5 Å². The predicted octanol–water partition coefficient (Wildman–Crippen LogP) is 2.63. The second-order valence-corrected chi connectivity index (χ2v) is 8.88. The Labute approximate surface area is 187 Å². The van der Waals surface area contributed by atoms with E-state index in [2.05, 4.69) is 20.1 Å². The average Bonchev–Trinajstić information content (AvgIpc) is 3.60. The lowest BCUT2D eigenvalue weighted by atomic mass is 9.93. The van der Waals surface area contributed by atoms with Crippen LogP contribution in [-0.2, 0) is 7.05 Å². The molecule has 5 rings (SSSR count). The molecule has 1 saturated carbocycles. The molecular weight excluding hydrogens is 404 g/mol. The van der Waals surface area contributed by atoms with Gasteiger partial charge >= 0.3 is 0 Å². The molecule has 2 aliphatic rings. The van der Waals surface area contributed by atoms with Crippen LogP contribution in [0.15, 0.2) is 30.7 Å². The fourth-order valence-electron chi connectivity index (χ4n) is 4.23. The molecule has 0 unspecified atom stereocenters. The Morgan fingerprint density at radius 1 is 1.00 bits per heavy atom. The molecule has 0 radical (unpaired) electrons. The van der Waals surface area contributed by atoms with E-state index in [1.54, 1.807) is 23.3 Å². The summed E-state index contributed by atoms with van der Waals surface area (Å²) in [5, 5.41) is 4.55. The normalized spacial score (nSPS) is 16.9. The second-order valence-electron chi connectivity index (χ2n) is 8.88. The number of rotatable bonds is 5. The fourth-order valence-corrected chi connectivity index (χ4v) is 4.23. The van der Waals surface area contributed by atoms with Crippen molar-refractivity contribution in [1.82, 2.24) is 34.6 Å². The number of carbonyl (C=O) groups excluding carboxylic acids is 1. The third-order valence-corrected chi connectivity index (χ3v) is 6.30. The fraction of sp³-hybridized carbons (Fsp3) is 0.478. The van der Waals surface area contributed by atoms with Gasteiger partial charge in [0.15, 0.2) is 5.82 Å². The van der Waals surface area contributed by atoms with Gasteiger partial charge in [0.05, 0.1) is 11.9 Å². The van der Waals surface area contributed by atoms with Gasteiger partial charge in [-0.25, -0.2) is 15.0 Å². The second kappa shape index (κ2) is 8.29. The maximum absolute atomic E-state index is 13.1. The number of nitrogens with zero attached hydrogens (tertiary/aromatic N) is 8. The molecule has 1 aliphatic carbocycles. The van der Waals surface area contributed by atoms with Gasteiger partial charge in [0.25, 0.3) is 5.91 Å². The first-order valence-electron chi connectivity index (χ1n) is 11.2. The van der Waals surface area contributed by atoms with E-state index < -0.39 is 0 Å². The highest BCUT2D eigenvalue weighted by Gasteiger charge is 2.31. The third kappa shape index (κ3) is 4.06. The number of amides is 1. The summed E-state index contributed by atoms with van der Waals surface area (Å²) in [5.41, 5.74) is 3.40. The van der Waals surface area contributed by atoms with Crippen molar-refractivity contribution in [2.75, 3.05) is 32.1 Å². The van der Waals surface area contributed by atoms with E-state index >= 15 is 0 Å². The van der Waals surface area contributed by atoms with Crippen molar-refractivity contribution in [3.05, 3.63) is 47.8 Å². The number of likely N-dealkylation sites (tertiary alicyclic amines) is 1. The van der Waals surface area contributed by atoms with Crippen LogP contribution in [0.3, 0.4) is 0 Å². The van der Waals surface area contributed by atoms with Gasteiger partial charge in [-0.1, -0.05) is 0 Å². The predicted molar refractivity (Wildman–Crippen MR) is 120 cm³/mol. The van der Waals surface area contributed by atoms with Crippen molar-refractivity contribution >= 4 is 11.7 Å². The zero-order valence-corrected chi connectivity index (χ0v) is 18.8. The van der Waals surface area contributed by atoms with Crippen LogP contribution in [0.4, 0.5) is 5.82 Å². The van der Waals surface area contributed by atoms with Crippen LogP contribution >= 0.6 is 0 Å². The monoisotopic (exact) mass is 432 g/mol. The van der Waals surface area contributed by atoms with E-state index in [0.29, 0.717) is 36.2 Å². The van der Waals surface area contributed by atoms with Crippen LogP contribution in [0, 0.1) is 0 Å². The maximum atomic E-state index is 13.1. The van der Waals surface area contributed by atoms with Crippen LogP contribution in [0.25, 0.3) is 11.5 Å². The Morgan fingerprint density at radius 2 is 1.75 bits per heavy atom. The van der Waals surface area contributed by atoms with Gasteiger partial charge in [0.1, 0.15) is 17.2 Å². The van der Waals surface area contributed by atoms with Crippen molar-refractivity contribution < 1.29 is 4.79 Å². The van der Waals surface area contributed by atoms with Crippen LogP contribution in [0.5, 0.6) is 0 Å². The number of piperidine rings is 1. The van der Waals surface area contributed by atoms with E-state index in [4.69, 9.17) is 4.98 Å². The van der Waals surface area contributed by atoms with Gasteiger partial charge in [0, 0.05) is 70.2 Å². The number of carbonyl (C=O) groups is 1. The van der Waals surface area contributed by atoms with E-state index in [1.807, 2.05) is 43.1 Å². The van der Waals surface area contributed by atoms with Gasteiger partial charge in [-0.3, -0.25) is 14.5 Å². The highest BCUT2D eigenvalue weighted by Crippen LogP contribution is 2.39. The molecular formula is C23H28N8O. The lowest BCUT2D eigenvalue weighted by Gasteiger charge is -2.32. The van der Waals surface area contributed by atoms with Crippen molar-refractivity contribution in [2.24, 2.45) is 7.05 Å². The smallest absolute Gasteiger partial charge is 0.272 e. The summed E-state index contributed by atoms with van der Waals surface area (Å²) in [7, 11) is 5.80. The molecule has 0 spiro atoms. The minimum absolute atomic E-state index is 0.0715. The average molecular weight is 433 g/mol. The summed E-state index contributed by atoms with van der Waals surface area (Å²) in [6, 6.07) is 4.03. The first-order valence-corrected chi connectivity index (χ1v) is 11.2. The zero-order valence-electron chi connectivity index (χ0n) is 18.8.